The van der Waals surface area contributed by atoms with Crippen LogP contribution in [0.1, 0.15) is 40.1 Å². The first-order valence-electron chi connectivity index (χ1n) is 8.16. The summed E-state index contributed by atoms with van der Waals surface area (Å²) in [6.45, 7) is 3.82. The van der Waals surface area contributed by atoms with E-state index in [1.54, 1.807) is 36.4 Å². The molecule has 6 nitrogen and oxygen atoms in total. The van der Waals surface area contributed by atoms with Crippen molar-refractivity contribution in [1.29, 1.82) is 0 Å². The Morgan fingerprint density at radius 2 is 1.54 bits per heavy atom. The van der Waals surface area contributed by atoms with E-state index in [2.05, 4.69) is 0 Å². The predicted molar refractivity (Wildman–Crippen MR) is 96.3 cm³/mol. The van der Waals surface area contributed by atoms with E-state index < -0.39 is 5.97 Å². The summed E-state index contributed by atoms with van der Waals surface area (Å²) in [7, 11) is 3.02. The van der Waals surface area contributed by atoms with Gasteiger partial charge in [0.05, 0.1) is 26.4 Å². The molecule has 0 radical (unpaired) electrons. The summed E-state index contributed by atoms with van der Waals surface area (Å²) in [5, 5.41) is 0. The summed E-state index contributed by atoms with van der Waals surface area (Å²) < 4.78 is 21.3. The molecule has 0 saturated carbocycles. The van der Waals surface area contributed by atoms with Crippen LogP contribution in [0, 0.1) is 0 Å². The molecule has 2 aromatic carbocycles. The van der Waals surface area contributed by atoms with Crippen LogP contribution in [0.5, 0.6) is 17.2 Å². The first-order valence-corrected chi connectivity index (χ1v) is 8.16. The third kappa shape index (κ3) is 4.53. The molecule has 0 atom stereocenters. The lowest BCUT2D eigenvalue weighted by Crippen LogP contribution is -2.07. The standard InChI is InChI=1S/C20H22O6/c1-5-25-18-9-7-15(11-19(18)24-4)20(22)26-12-16-10-14(13(2)21)6-8-17(16)23-3/h6-11H,5,12H2,1-4H3. The number of carbonyl (C=O) groups is 2. The summed E-state index contributed by atoms with van der Waals surface area (Å²) in [5.74, 6) is 0.977. The Balaban J connectivity index is 2.16. The molecule has 0 aliphatic carbocycles. The van der Waals surface area contributed by atoms with Crippen LogP contribution in [0.15, 0.2) is 36.4 Å². The molecule has 6 heteroatoms. The Labute approximate surface area is 152 Å². The molecule has 138 valence electrons. The molecule has 0 aromatic heterocycles. The molecular weight excluding hydrogens is 336 g/mol. The van der Waals surface area contributed by atoms with E-state index in [1.165, 1.54) is 21.1 Å². The van der Waals surface area contributed by atoms with E-state index in [9.17, 15) is 9.59 Å². The topological polar surface area (TPSA) is 71.1 Å². The molecule has 0 aliphatic heterocycles. The number of hydrogen-bond acceptors (Lipinski definition) is 6. The molecule has 0 N–H and O–H groups in total. The second-order valence-electron chi connectivity index (χ2n) is 5.46. The maximum atomic E-state index is 12.3. The number of carbonyl (C=O) groups excluding carboxylic acids is 2. The molecule has 0 unspecified atom stereocenters. The van der Waals surface area contributed by atoms with Crippen LogP contribution in [0.2, 0.25) is 0 Å². The smallest absolute Gasteiger partial charge is 0.338 e. The zero-order valence-corrected chi connectivity index (χ0v) is 15.3. The van der Waals surface area contributed by atoms with E-state index in [4.69, 9.17) is 18.9 Å². The minimum absolute atomic E-state index is 0.0152. The average molecular weight is 358 g/mol. The average Bonchev–Trinajstić information content (AvgIpc) is 2.66. The van der Waals surface area contributed by atoms with Gasteiger partial charge in [0, 0.05) is 11.1 Å². The Morgan fingerprint density at radius 1 is 0.885 bits per heavy atom. The van der Waals surface area contributed by atoms with Crippen molar-refractivity contribution in [3.8, 4) is 17.2 Å². The number of methoxy groups -OCH3 is 2. The van der Waals surface area contributed by atoms with Crippen LogP contribution in [-0.4, -0.2) is 32.6 Å². The molecule has 0 fully saturated rings. The van der Waals surface area contributed by atoms with Crippen LogP contribution >= 0.6 is 0 Å². The maximum Gasteiger partial charge on any atom is 0.338 e. The number of esters is 1. The third-order valence-corrected chi connectivity index (χ3v) is 3.74. The summed E-state index contributed by atoms with van der Waals surface area (Å²) in [5.41, 5.74) is 1.48. The van der Waals surface area contributed by atoms with Gasteiger partial charge in [-0.2, -0.15) is 0 Å². The van der Waals surface area contributed by atoms with Gasteiger partial charge in [0.1, 0.15) is 12.4 Å². The molecule has 0 amide bonds. The fourth-order valence-electron chi connectivity index (χ4n) is 2.41. The molecule has 0 saturated heterocycles. The van der Waals surface area contributed by atoms with Gasteiger partial charge >= 0.3 is 5.97 Å². The Hall–Kier alpha value is -3.02. The first-order chi connectivity index (χ1) is 12.5. The second-order valence-corrected chi connectivity index (χ2v) is 5.46. The monoisotopic (exact) mass is 358 g/mol. The van der Waals surface area contributed by atoms with Crippen LogP contribution < -0.4 is 14.2 Å². The summed E-state index contributed by atoms with van der Waals surface area (Å²) in [6, 6.07) is 9.85. The van der Waals surface area contributed by atoms with Crippen molar-refractivity contribution >= 4 is 11.8 Å². The fourth-order valence-corrected chi connectivity index (χ4v) is 2.41. The van der Waals surface area contributed by atoms with Gasteiger partial charge < -0.3 is 18.9 Å². The maximum absolute atomic E-state index is 12.3. The summed E-state index contributed by atoms with van der Waals surface area (Å²) in [4.78, 5) is 23.9. The lowest BCUT2D eigenvalue weighted by molar-refractivity contribution is 0.0469. The van der Waals surface area contributed by atoms with Crippen molar-refractivity contribution in [2.45, 2.75) is 20.5 Å². The Bertz CT molecular complexity index is 797. The highest BCUT2D eigenvalue weighted by molar-refractivity contribution is 5.94. The molecule has 2 rings (SSSR count). The minimum Gasteiger partial charge on any atom is -0.496 e. The Kier molecular flexibility index (Phi) is 6.60. The van der Waals surface area contributed by atoms with Gasteiger partial charge in [0.15, 0.2) is 17.3 Å². The molecule has 0 bridgehead atoms. The zero-order chi connectivity index (χ0) is 19.1. The van der Waals surface area contributed by atoms with Crippen molar-refractivity contribution in [2.75, 3.05) is 20.8 Å². The van der Waals surface area contributed by atoms with Gasteiger partial charge in [-0.3, -0.25) is 4.79 Å². The molecule has 0 aliphatic rings. The largest absolute Gasteiger partial charge is 0.496 e. The van der Waals surface area contributed by atoms with E-state index in [1.807, 2.05) is 6.92 Å². The molecular formula is C20H22O6. The molecule has 0 heterocycles. The van der Waals surface area contributed by atoms with Crippen molar-refractivity contribution in [2.24, 2.45) is 0 Å². The minimum atomic E-state index is -0.512. The lowest BCUT2D eigenvalue weighted by Gasteiger charge is -2.12. The zero-order valence-electron chi connectivity index (χ0n) is 15.3. The van der Waals surface area contributed by atoms with Crippen molar-refractivity contribution in [3.05, 3.63) is 53.1 Å². The summed E-state index contributed by atoms with van der Waals surface area (Å²) >= 11 is 0. The number of benzene rings is 2. The van der Waals surface area contributed by atoms with Crippen molar-refractivity contribution in [1.82, 2.24) is 0 Å². The van der Waals surface area contributed by atoms with E-state index >= 15 is 0 Å². The van der Waals surface area contributed by atoms with Gasteiger partial charge in [-0.15, -0.1) is 0 Å². The molecule has 0 spiro atoms. The number of Topliss-reactive ketones (excluding diaryl/α,β-unsaturated/α-hetero) is 1. The predicted octanol–water partition coefficient (Wildman–Crippen LogP) is 3.66. The van der Waals surface area contributed by atoms with Gasteiger partial charge in [-0.1, -0.05) is 0 Å². The highest BCUT2D eigenvalue weighted by atomic mass is 16.5. The third-order valence-electron chi connectivity index (χ3n) is 3.74. The normalized spacial score (nSPS) is 10.2. The molecule has 26 heavy (non-hydrogen) atoms. The number of rotatable bonds is 8. The number of hydrogen-bond donors (Lipinski definition) is 0. The lowest BCUT2D eigenvalue weighted by atomic mass is 10.1. The van der Waals surface area contributed by atoms with Gasteiger partial charge in [-0.05, 0) is 50.2 Å². The van der Waals surface area contributed by atoms with Crippen LogP contribution in [0.25, 0.3) is 0 Å². The van der Waals surface area contributed by atoms with Crippen molar-refractivity contribution < 1.29 is 28.5 Å². The van der Waals surface area contributed by atoms with Gasteiger partial charge in [-0.25, -0.2) is 4.79 Å². The van der Waals surface area contributed by atoms with Crippen LogP contribution in [-0.2, 0) is 11.3 Å². The van der Waals surface area contributed by atoms with Gasteiger partial charge in [0.2, 0.25) is 0 Å². The highest BCUT2D eigenvalue weighted by Crippen LogP contribution is 2.28. The van der Waals surface area contributed by atoms with E-state index in [0.29, 0.717) is 40.5 Å². The first kappa shape index (κ1) is 19.3. The fraction of sp³-hybridized carbons (Fsp3) is 0.300. The number of ketones is 1. The highest BCUT2D eigenvalue weighted by Gasteiger charge is 2.14. The van der Waals surface area contributed by atoms with Crippen molar-refractivity contribution in [3.63, 3.8) is 0 Å². The van der Waals surface area contributed by atoms with E-state index in [-0.39, 0.29) is 12.4 Å². The van der Waals surface area contributed by atoms with E-state index in [0.717, 1.165) is 0 Å². The summed E-state index contributed by atoms with van der Waals surface area (Å²) in [6.07, 6.45) is 0. The Morgan fingerprint density at radius 3 is 2.15 bits per heavy atom. The SMILES string of the molecule is CCOc1ccc(C(=O)OCc2cc(C(C)=O)ccc2OC)cc1OC. The van der Waals surface area contributed by atoms with Gasteiger partial charge in [0.25, 0.3) is 0 Å². The quantitative estimate of drug-likeness (QED) is 0.530. The second kappa shape index (κ2) is 8.89. The van der Waals surface area contributed by atoms with Crippen LogP contribution in [0.4, 0.5) is 0 Å². The molecule has 2 aromatic rings. The number of ether oxygens (including phenoxy) is 4. The van der Waals surface area contributed by atoms with Crippen LogP contribution in [0.3, 0.4) is 0 Å².